The lowest BCUT2D eigenvalue weighted by Gasteiger charge is -2.06. The Hall–Kier alpha value is -2.44. The van der Waals surface area contributed by atoms with Gasteiger partial charge in [-0.25, -0.2) is 4.98 Å². The summed E-state index contributed by atoms with van der Waals surface area (Å²) in [5, 5.41) is 2.59. The van der Waals surface area contributed by atoms with Gasteiger partial charge in [0.05, 0.1) is 11.9 Å². The molecule has 7 heteroatoms. The van der Waals surface area contributed by atoms with Gasteiger partial charge in [0.2, 0.25) is 0 Å². The van der Waals surface area contributed by atoms with Gasteiger partial charge >= 0.3 is 0 Å². The van der Waals surface area contributed by atoms with Crippen molar-refractivity contribution in [3.63, 3.8) is 0 Å². The molecule has 0 unspecified atom stereocenters. The minimum absolute atomic E-state index is 0.00569. The fraction of sp³-hybridized carbons (Fsp3) is 0. The number of amides is 1. The van der Waals surface area contributed by atoms with Gasteiger partial charge in [-0.15, -0.1) is 0 Å². The highest BCUT2D eigenvalue weighted by molar-refractivity contribution is 6.30. The van der Waals surface area contributed by atoms with Gasteiger partial charge in [0.15, 0.2) is 11.5 Å². The highest BCUT2D eigenvalue weighted by Crippen LogP contribution is 2.08. The number of anilines is 2. The predicted molar refractivity (Wildman–Crippen MR) is 64.0 cm³/mol. The van der Waals surface area contributed by atoms with Crippen LogP contribution in [-0.4, -0.2) is 28.7 Å². The van der Waals surface area contributed by atoms with Crippen molar-refractivity contribution in [1.82, 2.24) is 15.0 Å². The van der Waals surface area contributed by atoms with Crippen molar-refractivity contribution in [2.45, 2.75) is 0 Å². The number of carbonyl (C=O) groups excluding carboxylic acids is 1. The van der Waals surface area contributed by atoms with Crippen molar-refractivity contribution in [1.29, 1.82) is 0 Å². The lowest BCUT2D eigenvalue weighted by molar-refractivity contribution is 0.102. The van der Waals surface area contributed by atoms with Crippen LogP contribution in [0.4, 0.5) is 11.5 Å². The largest absolute Gasteiger partial charge is 0.382 e. The van der Waals surface area contributed by atoms with E-state index in [4.69, 9.17) is 13.6 Å². The molecule has 0 saturated carbocycles. The second-order valence-corrected chi connectivity index (χ2v) is 3.22. The Morgan fingerprint density at radius 1 is 1.41 bits per heavy atom. The molecule has 0 spiro atoms. The monoisotopic (exact) mass is 225 g/mol. The summed E-state index contributed by atoms with van der Waals surface area (Å²) in [4.78, 5) is 23.3. The van der Waals surface area contributed by atoms with Crippen LogP contribution in [0.3, 0.4) is 0 Å². The fourth-order valence-corrected chi connectivity index (χ4v) is 1.21. The van der Waals surface area contributed by atoms with Crippen molar-refractivity contribution in [2.24, 2.45) is 0 Å². The molecule has 2 aromatic rings. The van der Waals surface area contributed by atoms with E-state index in [-0.39, 0.29) is 17.1 Å². The molecule has 6 nitrogen and oxygen atoms in total. The molecular weight excluding hydrogens is 217 g/mol. The molecule has 0 atom stereocenters. The number of pyridine rings is 1. The Bertz CT molecular complexity index is 546. The van der Waals surface area contributed by atoms with Gasteiger partial charge in [-0.1, -0.05) is 0 Å². The van der Waals surface area contributed by atoms with E-state index in [0.717, 1.165) is 0 Å². The second kappa shape index (κ2) is 4.61. The van der Waals surface area contributed by atoms with Crippen molar-refractivity contribution in [2.75, 3.05) is 11.1 Å². The van der Waals surface area contributed by atoms with Gasteiger partial charge in [0.25, 0.3) is 5.91 Å². The minimum Gasteiger partial charge on any atom is -0.382 e. The predicted octanol–water partition coefficient (Wildman–Crippen LogP) is -0.500. The van der Waals surface area contributed by atoms with Crippen LogP contribution in [0.1, 0.15) is 10.5 Å². The third-order valence-electron chi connectivity index (χ3n) is 1.95. The lowest BCUT2D eigenvalue weighted by atomic mass is 10.1. The zero-order valence-corrected chi connectivity index (χ0v) is 8.79. The van der Waals surface area contributed by atoms with E-state index in [1.165, 1.54) is 12.4 Å². The molecule has 17 heavy (non-hydrogen) atoms. The molecule has 3 N–H and O–H groups in total. The van der Waals surface area contributed by atoms with E-state index in [1.54, 1.807) is 18.3 Å². The Kier molecular flexibility index (Phi) is 3.00. The Morgan fingerprint density at radius 2 is 2.24 bits per heavy atom. The number of nitrogens with zero attached hydrogens (tertiary/aromatic N) is 3. The summed E-state index contributed by atoms with van der Waals surface area (Å²) >= 11 is 0. The number of hydrogen-bond donors (Lipinski definition) is 2. The molecule has 2 aromatic heterocycles. The Morgan fingerprint density at radius 3 is 2.94 bits per heavy atom. The van der Waals surface area contributed by atoms with E-state index in [2.05, 4.69) is 20.3 Å². The summed E-state index contributed by atoms with van der Waals surface area (Å²) in [6.45, 7) is 0. The summed E-state index contributed by atoms with van der Waals surface area (Å²) in [6.07, 6.45) is 4.40. The molecule has 2 heterocycles. The molecule has 0 aliphatic carbocycles. The van der Waals surface area contributed by atoms with Gasteiger partial charge in [-0.05, 0) is 12.1 Å². The number of nitrogen functional groups attached to an aromatic ring is 1. The van der Waals surface area contributed by atoms with E-state index in [0.29, 0.717) is 5.69 Å². The van der Waals surface area contributed by atoms with Crippen molar-refractivity contribution in [3.05, 3.63) is 36.4 Å². The number of carbonyl (C=O) groups is 1. The van der Waals surface area contributed by atoms with Crippen LogP contribution in [-0.2, 0) is 0 Å². The standard InChI is InChI=1S/C10H8BN5O/c11-7-5-14-9(12)8(16-7)10(17)15-6-2-1-3-13-4-6/h1-5H,(H2,12,14)(H,15,17). The third-order valence-corrected chi connectivity index (χ3v) is 1.95. The van der Waals surface area contributed by atoms with Crippen LogP contribution in [0.15, 0.2) is 30.7 Å². The zero-order valence-electron chi connectivity index (χ0n) is 8.79. The number of aromatic nitrogens is 3. The van der Waals surface area contributed by atoms with E-state index >= 15 is 0 Å². The zero-order chi connectivity index (χ0) is 12.3. The normalized spacial score (nSPS) is 9.88. The van der Waals surface area contributed by atoms with Gasteiger partial charge in [-0.2, -0.15) is 0 Å². The van der Waals surface area contributed by atoms with Crippen LogP contribution >= 0.6 is 0 Å². The van der Waals surface area contributed by atoms with Gasteiger partial charge in [0, 0.05) is 18.0 Å². The molecule has 82 valence electrons. The SMILES string of the molecule is [B]c1cnc(N)c(C(=O)Nc2cccnc2)n1. The molecule has 0 fully saturated rings. The Labute approximate surface area is 98.7 Å². The minimum atomic E-state index is -0.477. The summed E-state index contributed by atoms with van der Waals surface area (Å²) in [7, 11) is 5.44. The lowest BCUT2D eigenvalue weighted by Crippen LogP contribution is -2.22. The first-order valence-corrected chi connectivity index (χ1v) is 4.76. The van der Waals surface area contributed by atoms with Gasteiger partial charge < -0.3 is 11.1 Å². The molecule has 0 aliphatic heterocycles. The molecular formula is C10H8BN5O. The van der Waals surface area contributed by atoms with Crippen LogP contribution in [0, 0.1) is 0 Å². The summed E-state index contributed by atoms with van der Waals surface area (Å²) in [6, 6.07) is 3.39. The van der Waals surface area contributed by atoms with Gasteiger partial charge in [-0.3, -0.25) is 14.8 Å². The molecule has 0 saturated heterocycles. The topological polar surface area (TPSA) is 93.8 Å². The fourth-order valence-electron chi connectivity index (χ4n) is 1.21. The average Bonchev–Trinajstić information content (AvgIpc) is 2.33. The summed E-state index contributed by atoms with van der Waals surface area (Å²) in [5.41, 5.74) is 6.21. The third kappa shape index (κ3) is 2.57. The summed E-state index contributed by atoms with van der Waals surface area (Å²) in [5.74, 6) is -0.448. The van der Waals surface area contributed by atoms with Crippen LogP contribution in [0.2, 0.25) is 0 Å². The first-order chi connectivity index (χ1) is 8.16. The molecule has 1 amide bonds. The van der Waals surface area contributed by atoms with E-state index < -0.39 is 5.91 Å². The highest BCUT2D eigenvalue weighted by atomic mass is 16.1. The van der Waals surface area contributed by atoms with E-state index in [9.17, 15) is 4.79 Å². The average molecular weight is 225 g/mol. The molecule has 0 aliphatic rings. The number of nitrogens with two attached hydrogens (primary N) is 1. The van der Waals surface area contributed by atoms with Crippen LogP contribution in [0.25, 0.3) is 0 Å². The van der Waals surface area contributed by atoms with Crippen molar-refractivity contribution in [3.8, 4) is 0 Å². The number of hydrogen-bond acceptors (Lipinski definition) is 5. The number of rotatable bonds is 2. The molecule has 0 bridgehead atoms. The quantitative estimate of drug-likeness (QED) is 0.672. The second-order valence-electron chi connectivity index (χ2n) is 3.22. The van der Waals surface area contributed by atoms with Crippen LogP contribution in [0.5, 0.6) is 0 Å². The van der Waals surface area contributed by atoms with Gasteiger partial charge in [0.1, 0.15) is 7.85 Å². The summed E-state index contributed by atoms with van der Waals surface area (Å²) < 4.78 is 0. The van der Waals surface area contributed by atoms with Crippen LogP contribution < -0.4 is 16.6 Å². The first kappa shape index (κ1) is 11.1. The molecule has 2 radical (unpaired) electrons. The van der Waals surface area contributed by atoms with Crippen molar-refractivity contribution < 1.29 is 4.79 Å². The maximum absolute atomic E-state index is 11.8. The molecule has 0 aromatic carbocycles. The molecule has 2 rings (SSSR count). The smallest absolute Gasteiger partial charge is 0.278 e. The number of nitrogens with one attached hydrogen (secondary N) is 1. The van der Waals surface area contributed by atoms with Crippen molar-refractivity contribution >= 4 is 30.9 Å². The maximum atomic E-state index is 11.8. The highest BCUT2D eigenvalue weighted by Gasteiger charge is 2.12. The maximum Gasteiger partial charge on any atom is 0.278 e. The Balaban J connectivity index is 2.23. The first-order valence-electron chi connectivity index (χ1n) is 4.76. The van der Waals surface area contributed by atoms with E-state index in [1.807, 2.05) is 0 Å².